The molecule has 0 amide bonds. The van der Waals surface area contributed by atoms with Gasteiger partial charge >= 0.3 is 0 Å². The first-order valence-electron chi connectivity index (χ1n) is 6.26. The number of ether oxygens (including phenoxy) is 1. The molecule has 1 fully saturated rings. The molecule has 18 heavy (non-hydrogen) atoms. The van der Waals surface area contributed by atoms with Crippen molar-refractivity contribution in [2.75, 3.05) is 29.9 Å². The van der Waals surface area contributed by atoms with Crippen LogP contribution in [-0.4, -0.2) is 41.8 Å². The molecule has 1 aliphatic heterocycles. The minimum absolute atomic E-state index is 0.0816. The van der Waals surface area contributed by atoms with Crippen molar-refractivity contribution in [1.82, 2.24) is 9.97 Å². The van der Waals surface area contributed by atoms with E-state index in [0.717, 1.165) is 0 Å². The van der Waals surface area contributed by atoms with Gasteiger partial charge in [0.1, 0.15) is 0 Å². The molecule has 2 heterocycles. The van der Waals surface area contributed by atoms with Crippen LogP contribution in [0, 0.1) is 5.82 Å². The second-order valence-corrected chi connectivity index (χ2v) is 4.54. The Morgan fingerprint density at radius 1 is 1.56 bits per heavy atom. The molecular weight excluding hydrogens is 235 g/mol. The summed E-state index contributed by atoms with van der Waals surface area (Å²) in [4.78, 5) is 10.1. The van der Waals surface area contributed by atoms with E-state index in [9.17, 15) is 4.39 Å². The van der Waals surface area contributed by atoms with Gasteiger partial charge < -0.3 is 15.0 Å². The average Bonchev–Trinajstić information content (AvgIpc) is 2.35. The standard InChI is InChI=1S/C12H19FN4O/c1-4-14-12-15-5-10(13)11(16-12)17-6-9(3)18-7-8(17)2/h5,8-9H,4,6-7H2,1-3H3,(H,14,15,16). The number of rotatable bonds is 3. The van der Waals surface area contributed by atoms with Crippen LogP contribution in [0.1, 0.15) is 20.8 Å². The Morgan fingerprint density at radius 3 is 3.06 bits per heavy atom. The first-order chi connectivity index (χ1) is 8.61. The number of nitrogens with zero attached hydrogens (tertiary/aromatic N) is 3. The molecular formula is C12H19FN4O. The molecule has 1 N–H and O–H groups in total. The Kier molecular flexibility index (Phi) is 3.96. The van der Waals surface area contributed by atoms with E-state index in [0.29, 0.717) is 31.5 Å². The zero-order valence-electron chi connectivity index (χ0n) is 11.0. The largest absolute Gasteiger partial charge is 0.375 e. The zero-order chi connectivity index (χ0) is 13.1. The molecule has 0 saturated carbocycles. The van der Waals surface area contributed by atoms with Crippen molar-refractivity contribution in [1.29, 1.82) is 0 Å². The predicted molar refractivity (Wildman–Crippen MR) is 68.4 cm³/mol. The summed E-state index contributed by atoms with van der Waals surface area (Å²) in [5.74, 6) is 0.418. The maximum Gasteiger partial charge on any atom is 0.224 e. The fourth-order valence-corrected chi connectivity index (χ4v) is 2.00. The SMILES string of the molecule is CCNc1ncc(F)c(N2CC(C)OCC2C)n1. The van der Waals surface area contributed by atoms with Crippen LogP contribution >= 0.6 is 0 Å². The molecule has 2 unspecified atom stereocenters. The second-order valence-electron chi connectivity index (χ2n) is 4.54. The first-order valence-corrected chi connectivity index (χ1v) is 6.26. The summed E-state index contributed by atoms with van der Waals surface area (Å²) in [5.41, 5.74) is 0. The topological polar surface area (TPSA) is 50.3 Å². The van der Waals surface area contributed by atoms with Crippen LogP contribution in [0.2, 0.25) is 0 Å². The smallest absolute Gasteiger partial charge is 0.224 e. The molecule has 0 aromatic carbocycles. The van der Waals surface area contributed by atoms with Crippen LogP contribution in [0.3, 0.4) is 0 Å². The third-order valence-corrected chi connectivity index (χ3v) is 2.94. The molecule has 5 nitrogen and oxygen atoms in total. The van der Waals surface area contributed by atoms with E-state index in [1.54, 1.807) is 0 Å². The van der Waals surface area contributed by atoms with Crippen LogP contribution in [0.25, 0.3) is 0 Å². The van der Waals surface area contributed by atoms with Gasteiger partial charge in [-0.3, -0.25) is 0 Å². The predicted octanol–water partition coefficient (Wildman–Crippen LogP) is 1.66. The van der Waals surface area contributed by atoms with Gasteiger partial charge in [0.2, 0.25) is 5.95 Å². The lowest BCUT2D eigenvalue weighted by Crippen LogP contribution is -2.48. The van der Waals surface area contributed by atoms with Crippen LogP contribution < -0.4 is 10.2 Å². The number of anilines is 2. The lowest BCUT2D eigenvalue weighted by atomic mass is 10.2. The summed E-state index contributed by atoms with van der Waals surface area (Å²) in [6.07, 6.45) is 1.30. The van der Waals surface area contributed by atoms with Crippen molar-refractivity contribution in [2.24, 2.45) is 0 Å². The van der Waals surface area contributed by atoms with Crippen molar-refractivity contribution in [3.05, 3.63) is 12.0 Å². The van der Waals surface area contributed by atoms with Gasteiger partial charge in [0.05, 0.1) is 24.9 Å². The summed E-state index contributed by atoms with van der Waals surface area (Å²) in [6, 6.07) is 0.111. The van der Waals surface area contributed by atoms with Crippen molar-refractivity contribution in [2.45, 2.75) is 32.9 Å². The first kappa shape index (κ1) is 13.0. The second kappa shape index (κ2) is 5.48. The van der Waals surface area contributed by atoms with E-state index in [-0.39, 0.29) is 12.1 Å². The summed E-state index contributed by atoms with van der Waals surface area (Å²) < 4.78 is 19.4. The fraction of sp³-hybridized carbons (Fsp3) is 0.667. The molecule has 100 valence electrons. The van der Waals surface area contributed by atoms with E-state index < -0.39 is 5.82 Å². The molecule has 0 spiro atoms. The maximum absolute atomic E-state index is 13.9. The van der Waals surface area contributed by atoms with E-state index >= 15 is 0 Å². The molecule has 0 bridgehead atoms. The van der Waals surface area contributed by atoms with Gasteiger partial charge in [-0.15, -0.1) is 0 Å². The normalized spacial score (nSPS) is 24.1. The van der Waals surface area contributed by atoms with E-state index in [4.69, 9.17) is 4.74 Å². The van der Waals surface area contributed by atoms with Gasteiger partial charge in [0, 0.05) is 13.1 Å². The zero-order valence-corrected chi connectivity index (χ0v) is 11.0. The Hall–Kier alpha value is -1.43. The number of nitrogens with one attached hydrogen (secondary N) is 1. The molecule has 1 aromatic rings. The van der Waals surface area contributed by atoms with Gasteiger partial charge in [0.15, 0.2) is 11.6 Å². The van der Waals surface area contributed by atoms with Crippen molar-refractivity contribution < 1.29 is 9.13 Å². The molecule has 2 rings (SSSR count). The highest BCUT2D eigenvalue weighted by molar-refractivity contribution is 5.45. The molecule has 2 atom stereocenters. The van der Waals surface area contributed by atoms with Gasteiger partial charge in [-0.25, -0.2) is 9.37 Å². The molecule has 0 aliphatic carbocycles. The lowest BCUT2D eigenvalue weighted by Gasteiger charge is -2.37. The third-order valence-electron chi connectivity index (χ3n) is 2.94. The average molecular weight is 254 g/mol. The van der Waals surface area contributed by atoms with Crippen LogP contribution in [0.15, 0.2) is 6.20 Å². The van der Waals surface area contributed by atoms with Crippen LogP contribution in [-0.2, 0) is 4.74 Å². The summed E-state index contributed by atoms with van der Waals surface area (Å²) in [5, 5.41) is 2.99. The van der Waals surface area contributed by atoms with Crippen LogP contribution in [0.4, 0.5) is 16.2 Å². The van der Waals surface area contributed by atoms with Gasteiger partial charge in [-0.1, -0.05) is 0 Å². The number of hydrogen-bond acceptors (Lipinski definition) is 5. The monoisotopic (exact) mass is 254 g/mol. The summed E-state index contributed by atoms with van der Waals surface area (Å²) >= 11 is 0. The Balaban J connectivity index is 2.27. The molecule has 1 aliphatic rings. The van der Waals surface area contributed by atoms with Gasteiger partial charge in [0.25, 0.3) is 0 Å². The quantitative estimate of drug-likeness (QED) is 0.889. The van der Waals surface area contributed by atoms with Crippen LogP contribution in [0.5, 0.6) is 0 Å². The third kappa shape index (κ3) is 2.69. The summed E-state index contributed by atoms with van der Waals surface area (Å²) in [7, 11) is 0. The summed E-state index contributed by atoms with van der Waals surface area (Å²) in [6.45, 7) is 7.86. The van der Waals surface area contributed by atoms with E-state index in [2.05, 4.69) is 15.3 Å². The van der Waals surface area contributed by atoms with Crippen molar-refractivity contribution >= 4 is 11.8 Å². The fourth-order valence-electron chi connectivity index (χ4n) is 2.00. The highest BCUT2D eigenvalue weighted by atomic mass is 19.1. The highest BCUT2D eigenvalue weighted by Crippen LogP contribution is 2.23. The number of morpholine rings is 1. The number of aromatic nitrogens is 2. The van der Waals surface area contributed by atoms with E-state index in [1.807, 2.05) is 25.7 Å². The van der Waals surface area contributed by atoms with Gasteiger partial charge in [-0.05, 0) is 20.8 Å². The van der Waals surface area contributed by atoms with Crippen molar-refractivity contribution in [3.8, 4) is 0 Å². The highest BCUT2D eigenvalue weighted by Gasteiger charge is 2.27. The minimum atomic E-state index is -0.391. The Labute approximate surface area is 106 Å². The Morgan fingerprint density at radius 2 is 2.33 bits per heavy atom. The molecule has 1 aromatic heterocycles. The van der Waals surface area contributed by atoms with Crippen molar-refractivity contribution in [3.63, 3.8) is 0 Å². The lowest BCUT2D eigenvalue weighted by molar-refractivity contribution is 0.0337. The Bertz CT molecular complexity index is 415. The molecule has 0 radical (unpaired) electrons. The van der Waals surface area contributed by atoms with Gasteiger partial charge in [-0.2, -0.15) is 4.98 Å². The number of halogens is 1. The number of hydrogen-bond donors (Lipinski definition) is 1. The minimum Gasteiger partial charge on any atom is -0.375 e. The van der Waals surface area contributed by atoms with E-state index in [1.165, 1.54) is 6.20 Å². The molecule has 6 heteroatoms. The maximum atomic E-state index is 13.9. The molecule has 1 saturated heterocycles.